The smallest absolute Gasteiger partial charge is 0.425 e. The van der Waals surface area contributed by atoms with Crippen molar-refractivity contribution in [3.63, 3.8) is 0 Å². The summed E-state index contributed by atoms with van der Waals surface area (Å²) in [5.41, 5.74) is 1.71. The van der Waals surface area contributed by atoms with Crippen LogP contribution < -0.4 is 4.74 Å². The molecule has 6 heteroatoms. The van der Waals surface area contributed by atoms with E-state index in [1.165, 1.54) is 12.1 Å². The molecule has 0 atom stereocenters. The Morgan fingerprint density at radius 2 is 1.45 bits per heavy atom. The minimum atomic E-state index is -5.77. The van der Waals surface area contributed by atoms with Gasteiger partial charge in [-0.05, 0) is 23.6 Å². The molecule has 22 heavy (non-hydrogen) atoms. The van der Waals surface area contributed by atoms with Gasteiger partial charge < -0.3 is 4.74 Å². The quantitative estimate of drug-likeness (QED) is 0.682. The summed E-state index contributed by atoms with van der Waals surface area (Å²) in [7, 11) is 0. The Kier molecular flexibility index (Phi) is 4.39. The lowest BCUT2D eigenvalue weighted by molar-refractivity contribution is -0.360. The topological polar surface area (TPSA) is 9.23 Å². The van der Waals surface area contributed by atoms with Gasteiger partial charge in [-0.25, -0.2) is 0 Å². The molecule has 0 saturated carbocycles. The van der Waals surface area contributed by atoms with Gasteiger partial charge in [0, 0.05) is 5.56 Å². The van der Waals surface area contributed by atoms with Crippen LogP contribution in [0.3, 0.4) is 0 Å². The van der Waals surface area contributed by atoms with Gasteiger partial charge in [-0.3, -0.25) is 0 Å². The summed E-state index contributed by atoms with van der Waals surface area (Å²) in [6.07, 6.45) is -10.2. The van der Waals surface area contributed by atoms with Crippen LogP contribution in [0.25, 0.3) is 11.1 Å². The van der Waals surface area contributed by atoms with Crippen molar-refractivity contribution in [2.45, 2.75) is 25.6 Å². The van der Waals surface area contributed by atoms with E-state index in [0.29, 0.717) is 5.56 Å². The number of hydrogen-bond donors (Lipinski definition) is 0. The first-order valence-electron chi connectivity index (χ1n) is 6.56. The van der Waals surface area contributed by atoms with E-state index in [1.54, 1.807) is 30.3 Å². The van der Waals surface area contributed by atoms with E-state index < -0.39 is 18.0 Å². The zero-order chi connectivity index (χ0) is 16.4. The summed E-state index contributed by atoms with van der Waals surface area (Å²) in [6, 6.07) is 12.3. The summed E-state index contributed by atoms with van der Waals surface area (Å²) in [5, 5.41) is 0. The third-order valence-electron chi connectivity index (χ3n) is 3.13. The average molecular weight is 316 g/mol. The van der Waals surface area contributed by atoms with E-state index in [2.05, 4.69) is 4.74 Å². The van der Waals surface area contributed by atoms with Crippen molar-refractivity contribution >= 4 is 0 Å². The Bertz CT molecular complexity index is 632. The zero-order valence-electron chi connectivity index (χ0n) is 11.6. The fraction of sp³-hybridized carbons (Fsp3) is 0.250. The summed E-state index contributed by atoms with van der Waals surface area (Å²) in [5.74, 6) is -0.519. The van der Waals surface area contributed by atoms with E-state index in [0.717, 1.165) is 18.1 Å². The van der Waals surface area contributed by atoms with Crippen LogP contribution in [0.2, 0.25) is 0 Å². The standard InChI is InChI=1S/C16H13F5O/c1-2-11-7-9-12(10-8-11)13-5-3-4-6-14(13)22-16(20,21)15(17,18)19/h3-10H,2H2,1H3. The van der Waals surface area contributed by atoms with Crippen molar-refractivity contribution in [1.29, 1.82) is 0 Å². The first-order chi connectivity index (χ1) is 10.2. The number of halogens is 5. The van der Waals surface area contributed by atoms with Crippen LogP contribution in [0.15, 0.2) is 48.5 Å². The number of ether oxygens (including phenoxy) is 1. The molecule has 0 aliphatic carbocycles. The second kappa shape index (κ2) is 5.94. The molecule has 0 bridgehead atoms. The summed E-state index contributed by atoms with van der Waals surface area (Å²) in [6.45, 7) is 1.95. The first-order valence-corrected chi connectivity index (χ1v) is 6.56. The number of aryl methyl sites for hydroxylation is 1. The molecule has 0 spiro atoms. The number of para-hydroxylation sites is 1. The molecule has 2 rings (SSSR count). The molecule has 0 radical (unpaired) electrons. The lowest BCUT2D eigenvalue weighted by atomic mass is 10.0. The zero-order valence-corrected chi connectivity index (χ0v) is 11.6. The second-order valence-corrected chi connectivity index (χ2v) is 4.66. The average Bonchev–Trinajstić information content (AvgIpc) is 2.46. The lowest BCUT2D eigenvalue weighted by Crippen LogP contribution is -2.42. The molecule has 0 heterocycles. The molecule has 0 fully saturated rings. The summed E-state index contributed by atoms with van der Waals surface area (Å²) >= 11 is 0. The van der Waals surface area contributed by atoms with E-state index in [4.69, 9.17) is 0 Å². The molecule has 0 aromatic heterocycles. The minimum absolute atomic E-state index is 0.175. The fourth-order valence-corrected chi connectivity index (χ4v) is 1.91. The number of hydrogen-bond acceptors (Lipinski definition) is 1. The van der Waals surface area contributed by atoms with Gasteiger partial charge in [-0.1, -0.05) is 49.4 Å². The number of alkyl halides is 5. The highest BCUT2D eigenvalue weighted by molar-refractivity contribution is 5.70. The maximum Gasteiger partial charge on any atom is 0.499 e. The molecule has 0 saturated heterocycles. The van der Waals surface area contributed by atoms with E-state index >= 15 is 0 Å². The Morgan fingerprint density at radius 1 is 0.864 bits per heavy atom. The molecular formula is C16H13F5O. The molecule has 0 aliphatic rings. The van der Waals surface area contributed by atoms with Crippen molar-refractivity contribution in [2.24, 2.45) is 0 Å². The largest absolute Gasteiger partial charge is 0.499 e. The first kappa shape index (κ1) is 16.3. The Hall–Kier alpha value is -2.11. The van der Waals surface area contributed by atoms with Gasteiger partial charge in [-0.2, -0.15) is 22.0 Å². The highest BCUT2D eigenvalue weighted by atomic mass is 19.4. The minimum Gasteiger partial charge on any atom is -0.425 e. The molecule has 0 amide bonds. The lowest BCUT2D eigenvalue weighted by Gasteiger charge is -2.21. The van der Waals surface area contributed by atoms with Crippen LogP contribution in [0.4, 0.5) is 22.0 Å². The van der Waals surface area contributed by atoms with Crippen LogP contribution >= 0.6 is 0 Å². The van der Waals surface area contributed by atoms with Gasteiger partial charge in [0.2, 0.25) is 0 Å². The molecule has 2 aromatic carbocycles. The Morgan fingerprint density at radius 3 is 2.00 bits per heavy atom. The second-order valence-electron chi connectivity index (χ2n) is 4.66. The summed E-state index contributed by atoms with van der Waals surface area (Å²) < 4.78 is 66.9. The fourth-order valence-electron chi connectivity index (χ4n) is 1.91. The van der Waals surface area contributed by atoms with Gasteiger partial charge in [-0.15, -0.1) is 0 Å². The van der Waals surface area contributed by atoms with Crippen LogP contribution in [-0.2, 0) is 6.42 Å². The normalized spacial score (nSPS) is 12.3. The molecule has 0 N–H and O–H groups in total. The van der Waals surface area contributed by atoms with Gasteiger partial charge in [0.1, 0.15) is 5.75 Å². The maximum atomic E-state index is 13.1. The Balaban J connectivity index is 2.38. The highest BCUT2D eigenvalue weighted by Gasteiger charge is 2.61. The number of rotatable bonds is 4. The van der Waals surface area contributed by atoms with Gasteiger partial charge in [0.05, 0.1) is 0 Å². The van der Waals surface area contributed by atoms with E-state index in [-0.39, 0.29) is 5.56 Å². The van der Waals surface area contributed by atoms with Gasteiger partial charge >= 0.3 is 12.3 Å². The van der Waals surface area contributed by atoms with Crippen LogP contribution in [-0.4, -0.2) is 12.3 Å². The predicted molar refractivity (Wildman–Crippen MR) is 72.9 cm³/mol. The number of benzene rings is 2. The van der Waals surface area contributed by atoms with Crippen molar-refractivity contribution in [3.05, 3.63) is 54.1 Å². The SMILES string of the molecule is CCc1ccc(-c2ccccc2OC(F)(F)C(F)(F)F)cc1. The Labute approximate surface area is 124 Å². The molecule has 0 unspecified atom stereocenters. The van der Waals surface area contributed by atoms with Crippen LogP contribution in [0.5, 0.6) is 5.75 Å². The van der Waals surface area contributed by atoms with Crippen LogP contribution in [0, 0.1) is 0 Å². The van der Waals surface area contributed by atoms with E-state index in [9.17, 15) is 22.0 Å². The third kappa shape index (κ3) is 3.37. The van der Waals surface area contributed by atoms with Gasteiger partial charge in [0.25, 0.3) is 0 Å². The third-order valence-corrected chi connectivity index (χ3v) is 3.13. The predicted octanol–water partition coefficient (Wildman–Crippen LogP) is 5.45. The molecular weight excluding hydrogens is 303 g/mol. The summed E-state index contributed by atoms with van der Waals surface area (Å²) in [4.78, 5) is 0. The maximum absolute atomic E-state index is 13.1. The molecule has 0 aliphatic heterocycles. The van der Waals surface area contributed by atoms with Gasteiger partial charge in [0.15, 0.2) is 0 Å². The van der Waals surface area contributed by atoms with Crippen molar-refractivity contribution in [3.8, 4) is 16.9 Å². The monoisotopic (exact) mass is 316 g/mol. The highest BCUT2D eigenvalue weighted by Crippen LogP contribution is 2.40. The van der Waals surface area contributed by atoms with Crippen molar-refractivity contribution in [2.75, 3.05) is 0 Å². The molecule has 118 valence electrons. The van der Waals surface area contributed by atoms with Crippen molar-refractivity contribution < 1.29 is 26.7 Å². The molecule has 2 aromatic rings. The van der Waals surface area contributed by atoms with E-state index in [1.807, 2.05) is 6.92 Å². The van der Waals surface area contributed by atoms with Crippen molar-refractivity contribution in [1.82, 2.24) is 0 Å². The van der Waals surface area contributed by atoms with Crippen LogP contribution in [0.1, 0.15) is 12.5 Å². The molecule has 1 nitrogen and oxygen atoms in total.